The number of nitrogens with zero attached hydrogens (tertiary/aromatic N) is 4. The van der Waals surface area contributed by atoms with Gasteiger partial charge < -0.3 is 10.6 Å². The molecule has 1 amide bonds. The Hall–Kier alpha value is -2.90. The summed E-state index contributed by atoms with van der Waals surface area (Å²) in [5, 5.41) is 18.5. The topological polar surface area (TPSA) is 84.7 Å². The van der Waals surface area contributed by atoms with Crippen molar-refractivity contribution in [1.29, 1.82) is 0 Å². The number of fused-ring (bicyclic) bond motifs is 1. The predicted molar refractivity (Wildman–Crippen MR) is 109 cm³/mol. The molecule has 3 aromatic rings. The van der Waals surface area contributed by atoms with Gasteiger partial charge in [-0.2, -0.15) is 4.68 Å². The number of carbonyl (C=O) groups is 1. The Morgan fingerprint density at radius 2 is 1.93 bits per heavy atom. The monoisotopic (exact) mass is 414 g/mol. The van der Waals surface area contributed by atoms with E-state index in [2.05, 4.69) is 26.2 Å². The standard InChI is InChI=1S/C19H16Cl2N6O/c1-10-6-3-4-9-14(10)23-18(28)15-11(2)22-19-24-25-26-27(19)17(15)12-7-5-8-13(20)16(12)21/h3-9,17H,1-2H3,(H,23,28)(H,22,24,26)/t17-/m1/s1. The smallest absolute Gasteiger partial charge is 0.255 e. The summed E-state index contributed by atoms with van der Waals surface area (Å²) in [5.74, 6) is 0.146. The summed E-state index contributed by atoms with van der Waals surface area (Å²) >= 11 is 12.7. The summed E-state index contributed by atoms with van der Waals surface area (Å²) in [7, 11) is 0. The summed E-state index contributed by atoms with van der Waals surface area (Å²) in [4.78, 5) is 13.3. The molecule has 1 aliphatic rings. The molecule has 7 nitrogen and oxygen atoms in total. The van der Waals surface area contributed by atoms with Crippen molar-refractivity contribution >= 4 is 40.7 Å². The highest BCUT2D eigenvalue weighted by atomic mass is 35.5. The summed E-state index contributed by atoms with van der Waals surface area (Å²) in [6, 6.07) is 12.2. The number of hydrogen-bond donors (Lipinski definition) is 2. The summed E-state index contributed by atoms with van der Waals surface area (Å²) in [6.07, 6.45) is 0. The molecule has 28 heavy (non-hydrogen) atoms. The lowest BCUT2D eigenvalue weighted by Gasteiger charge is -2.28. The molecule has 2 heterocycles. The minimum atomic E-state index is -0.624. The lowest BCUT2D eigenvalue weighted by atomic mass is 9.94. The number of anilines is 2. The molecule has 0 spiro atoms. The Balaban J connectivity index is 1.82. The van der Waals surface area contributed by atoms with E-state index in [1.807, 2.05) is 37.3 Å². The fourth-order valence-corrected chi connectivity index (χ4v) is 3.64. The van der Waals surface area contributed by atoms with E-state index in [0.29, 0.717) is 32.8 Å². The van der Waals surface area contributed by atoms with Crippen molar-refractivity contribution in [3.8, 4) is 0 Å². The largest absolute Gasteiger partial charge is 0.326 e. The van der Waals surface area contributed by atoms with Gasteiger partial charge in [-0.1, -0.05) is 58.6 Å². The molecular formula is C19H16Cl2N6O. The van der Waals surface area contributed by atoms with Crippen molar-refractivity contribution in [1.82, 2.24) is 20.2 Å². The van der Waals surface area contributed by atoms with Crippen molar-refractivity contribution in [2.45, 2.75) is 19.9 Å². The first-order chi connectivity index (χ1) is 13.5. The van der Waals surface area contributed by atoms with Crippen molar-refractivity contribution in [2.75, 3.05) is 10.6 Å². The second-order valence-electron chi connectivity index (χ2n) is 6.43. The third-order valence-electron chi connectivity index (χ3n) is 4.63. The summed E-state index contributed by atoms with van der Waals surface area (Å²) in [5.41, 5.74) is 3.41. The van der Waals surface area contributed by atoms with Gasteiger partial charge >= 0.3 is 0 Å². The molecule has 9 heteroatoms. The molecule has 0 saturated heterocycles. The average molecular weight is 415 g/mol. The van der Waals surface area contributed by atoms with E-state index in [1.165, 1.54) is 4.68 Å². The van der Waals surface area contributed by atoms with Crippen LogP contribution in [0.2, 0.25) is 10.0 Å². The minimum absolute atomic E-state index is 0.276. The molecule has 0 radical (unpaired) electrons. The average Bonchev–Trinajstić information content (AvgIpc) is 3.13. The van der Waals surface area contributed by atoms with E-state index in [-0.39, 0.29) is 5.91 Å². The van der Waals surface area contributed by atoms with Crippen molar-refractivity contribution in [3.63, 3.8) is 0 Å². The molecule has 0 fully saturated rings. The van der Waals surface area contributed by atoms with Crippen LogP contribution >= 0.6 is 23.2 Å². The van der Waals surface area contributed by atoms with Crippen LogP contribution in [-0.4, -0.2) is 26.1 Å². The Kier molecular flexibility index (Phi) is 4.78. The van der Waals surface area contributed by atoms with Crippen molar-refractivity contribution in [2.24, 2.45) is 0 Å². The number of aryl methyl sites for hydroxylation is 1. The number of allylic oxidation sites excluding steroid dienone is 1. The van der Waals surface area contributed by atoms with Crippen LogP contribution in [0.1, 0.15) is 24.1 Å². The van der Waals surface area contributed by atoms with Gasteiger partial charge in [-0.25, -0.2) is 0 Å². The zero-order valence-corrected chi connectivity index (χ0v) is 16.6. The maximum atomic E-state index is 13.3. The van der Waals surface area contributed by atoms with Gasteiger partial charge in [0.1, 0.15) is 6.04 Å². The van der Waals surface area contributed by atoms with E-state index in [1.54, 1.807) is 19.1 Å². The van der Waals surface area contributed by atoms with Crippen LogP contribution in [0.25, 0.3) is 0 Å². The highest BCUT2D eigenvalue weighted by Crippen LogP contribution is 2.40. The molecule has 1 aliphatic heterocycles. The molecule has 0 unspecified atom stereocenters. The first-order valence-electron chi connectivity index (χ1n) is 8.54. The van der Waals surface area contributed by atoms with Gasteiger partial charge in [0, 0.05) is 16.9 Å². The summed E-state index contributed by atoms with van der Waals surface area (Å²) < 4.78 is 1.53. The van der Waals surface area contributed by atoms with Gasteiger partial charge in [0.25, 0.3) is 5.91 Å². The molecule has 0 bridgehead atoms. The van der Waals surface area contributed by atoms with Gasteiger partial charge in [0.2, 0.25) is 5.95 Å². The Labute approximate surface area is 171 Å². The first-order valence-corrected chi connectivity index (χ1v) is 9.29. The fourth-order valence-electron chi connectivity index (χ4n) is 3.23. The van der Waals surface area contributed by atoms with Gasteiger partial charge in [-0.15, -0.1) is 0 Å². The van der Waals surface area contributed by atoms with Crippen molar-refractivity contribution < 1.29 is 4.79 Å². The second-order valence-corrected chi connectivity index (χ2v) is 7.21. The lowest BCUT2D eigenvalue weighted by Crippen LogP contribution is -2.31. The van der Waals surface area contributed by atoms with Gasteiger partial charge in [-0.05, 0) is 42.0 Å². The zero-order chi connectivity index (χ0) is 19.8. The Morgan fingerprint density at radius 3 is 2.71 bits per heavy atom. The number of benzene rings is 2. The van der Waals surface area contributed by atoms with E-state index in [4.69, 9.17) is 23.2 Å². The Morgan fingerprint density at radius 1 is 1.14 bits per heavy atom. The molecule has 2 N–H and O–H groups in total. The highest BCUT2D eigenvalue weighted by molar-refractivity contribution is 6.42. The number of para-hydroxylation sites is 1. The zero-order valence-electron chi connectivity index (χ0n) is 15.1. The normalized spacial score (nSPS) is 15.8. The number of amides is 1. The maximum Gasteiger partial charge on any atom is 0.255 e. The van der Waals surface area contributed by atoms with Crippen LogP contribution in [-0.2, 0) is 4.79 Å². The molecule has 142 valence electrons. The first kappa shape index (κ1) is 18.5. The molecular weight excluding hydrogens is 399 g/mol. The van der Waals surface area contributed by atoms with E-state index in [0.717, 1.165) is 11.3 Å². The quantitative estimate of drug-likeness (QED) is 0.669. The van der Waals surface area contributed by atoms with E-state index < -0.39 is 6.04 Å². The summed E-state index contributed by atoms with van der Waals surface area (Å²) in [6.45, 7) is 3.73. The predicted octanol–water partition coefficient (Wildman–Crippen LogP) is 4.22. The molecule has 0 saturated carbocycles. The van der Waals surface area contributed by atoms with E-state index in [9.17, 15) is 4.79 Å². The number of aromatic nitrogens is 4. The SMILES string of the molecule is CC1=C(C(=O)Nc2ccccc2C)[C@@H](c2cccc(Cl)c2Cl)n2nnnc2N1. The van der Waals surface area contributed by atoms with Gasteiger partial charge in [0.15, 0.2) is 0 Å². The fraction of sp³-hybridized carbons (Fsp3) is 0.158. The number of tetrazole rings is 1. The lowest BCUT2D eigenvalue weighted by molar-refractivity contribution is -0.113. The minimum Gasteiger partial charge on any atom is -0.326 e. The number of carbonyl (C=O) groups excluding carboxylic acids is 1. The third-order valence-corrected chi connectivity index (χ3v) is 5.46. The van der Waals surface area contributed by atoms with Gasteiger partial charge in [0.05, 0.1) is 15.6 Å². The van der Waals surface area contributed by atoms with Crippen LogP contribution in [0.3, 0.4) is 0 Å². The maximum absolute atomic E-state index is 13.3. The molecule has 2 aromatic carbocycles. The van der Waals surface area contributed by atoms with Crippen LogP contribution in [0, 0.1) is 6.92 Å². The van der Waals surface area contributed by atoms with Crippen LogP contribution in [0.4, 0.5) is 11.6 Å². The number of hydrogen-bond acceptors (Lipinski definition) is 5. The molecule has 4 rings (SSSR count). The Bertz CT molecular complexity index is 1110. The number of halogens is 2. The number of nitrogens with one attached hydrogen (secondary N) is 2. The van der Waals surface area contributed by atoms with Crippen LogP contribution < -0.4 is 10.6 Å². The van der Waals surface area contributed by atoms with Crippen molar-refractivity contribution in [3.05, 3.63) is 74.9 Å². The molecule has 1 aromatic heterocycles. The highest BCUT2D eigenvalue weighted by Gasteiger charge is 2.35. The molecule has 0 aliphatic carbocycles. The van der Waals surface area contributed by atoms with E-state index >= 15 is 0 Å². The second kappa shape index (κ2) is 7.26. The number of rotatable bonds is 3. The van der Waals surface area contributed by atoms with Crippen LogP contribution in [0.15, 0.2) is 53.7 Å². The van der Waals surface area contributed by atoms with Crippen LogP contribution in [0.5, 0.6) is 0 Å². The third kappa shape index (κ3) is 3.12. The molecule has 1 atom stereocenters. The van der Waals surface area contributed by atoms with Gasteiger partial charge in [-0.3, -0.25) is 4.79 Å².